The molecule has 1 aromatic carbocycles. The fourth-order valence-corrected chi connectivity index (χ4v) is 2.43. The predicted molar refractivity (Wildman–Crippen MR) is 74.3 cm³/mol. The molecule has 19 heavy (non-hydrogen) atoms. The minimum Gasteiger partial charge on any atom is -0.320 e. The molecule has 0 radical (unpaired) electrons. The minimum atomic E-state index is -0.129. The Hall–Kier alpha value is -2.10. The smallest absolute Gasteiger partial charge is 0.276 e. The molecule has 0 fully saturated rings. The largest absolute Gasteiger partial charge is 0.320 e. The van der Waals surface area contributed by atoms with Gasteiger partial charge in [0.2, 0.25) is 0 Å². The molecule has 4 heteroatoms. The van der Waals surface area contributed by atoms with E-state index in [4.69, 9.17) is 0 Å². The highest BCUT2D eigenvalue weighted by Crippen LogP contribution is 2.17. The van der Waals surface area contributed by atoms with E-state index < -0.39 is 0 Å². The molecule has 0 atom stereocenters. The van der Waals surface area contributed by atoms with Crippen molar-refractivity contribution in [2.45, 2.75) is 32.7 Å². The number of amides is 1. The number of aromatic nitrogens is 2. The number of nitrogens with one attached hydrogen (secondary N) is 1. The number of rotatable bonds is 2. The molecule has 0 spiro atoms. The van der Waals surface area contributed by atoms with E-state index in [0.717, 1.165) is 30.6 Å². The SMILES string of the molecule is Cc1ccccc1NC(=O)c1cc2n(n1)CCCC2. The summed E-state index contributed by atoms with van der Waals surface area (Å²) in [7, 11) is 0. The van der Waals surface area contributed by atoms with Gasteiger partial charge in [-0.1, -0.05) is 18.2 Å². The quantitative estimate of drug-likeness (QED) is 0.897. The molecule has 2 aromatic rings. The molecule has 2 heterocycles. The third kappa shape index (κ3) is 2.38. The van der Waals surface area contributed by atoms with E-state index in [-0.39, 0.29) is 5.91 Å². The average molecular weight is 255 g/mol. The molecule has 0 unspecified atom stereocenters. The van der Waals surface area contributed by atoms with Crippen LogP contribution in [0, 0.1) is 6.92 Å². The zero-order valence-electron chi connectivity index (χ0n) is 11.0. The third-order valence-electron chi connectivity index (χ3n) is 3.54. The van der Waals surface area contributed by atoms with Crippen LogP contribution in [0.3, 0.4) is 0 Å². The molecule has 1 N–H and O–H groups in total. The number of hydrogen-bond acceptors (Lipinski definition) is 2. The summed E-state index contributed by atoms with van der Waals surface area (Å²) in [4.78, 5) is 12.2. The lowest BCUT2D eigenvalue weighted by molar-refractivity contribution is 0.102. The molecular weight excluding hydrogens is 238 g/mol. The highest BCUT2D eigenvalue weighted by molar-refractivity contribution is 6.03. The van der Waals surface area contributed by atoms with E-state index >= 15 is 0 Å². The van der Waals surface area contributed by atoms with Gasteiger partial charge in [0.1, 0.15) is 0 Å². The van der Waals surface area contributed by atoms with E-state index in [1.807, 2.05) is 41.9 Å². The van der Waals surface area contributed by atoms with Crippen molar-refractivity contribution in [1.29, 1.82) is 0 Å². The van der Waals surface area contributed by atoms with Gasteiger partial charge in [0.05, 0.1) is 0 Å². The number of aryl methyl sites for hydroxylation is 3. The van der Waals surface area contributed by atoms with Gasteiger partial charge in [0.15, 0.2) is 5.69 Å². The van der Waals surface area contributed by atoms with Gasteiger partial charge in [-0.2, -0.15) is 5.10 Å². The molecule has 0 aliphatic carbocycles. The predicted octanol–water partition coefficient (Wildman–Crippen LogP) is 2.78. The molecule has 1 aromatic heterocycles. The lowest BCUT2D eigenvalue weighted by Crippen LogP contribution is -2.15. The maximum absolute atomic E-state index is 12.2. The van der Waals surface area contributed by atoms with Gasteiger partial charge in [-0.25, -0.2) is 0 Å². The Morgan fingerprint density at radius 2 is 2.16 bits per heavy atom. The Labute approximate surface area is 112 Å². The van der Waals surface area contributed by atoms with Gasteiger partial charge in [-0.05, 0) is 43.9 Å². The average Bonchev–Trinajstić information content (AvgIpc) is 2.85. The number of anilines is 1. The second-order valence-corrected chi connectivity index (χ2v) is 4.97. The van der Waals surface area contributed by atoms with Gasteiger partial charge >= 0.3 is 0 Å². The Kier molecular flexibility index (Phi) is 3.07. The second kappa shape index (κ2) is 4.88. The minimum absolute atomic E-state index is 0.129. The lowest BCUT2D eigenvalue weighted by Gasteiger charge is -2.11. The van der Waals surface area contributed by atoms with Gasteiger partial charge in [-0.15, -0.1) is 0 Å². The van der Waals surface area contributed by atoms with E-state index in [9.17, 15) is 4.79 Å². The Balaban J connectivity index is 1.81. The highest BCUT2D eigenvalue weighted by Gasteiger charge is 2.17. The molecule has 0 saturated heterocycles. The topological polar surface area (TPSA) is 46.9 Å². The van der Waals surface area contributed by atoms with Gasteiger partial charge in [0.25, 0.3) is 5.91 Å². The highest BCUT2D eigenvalue weighted by atomic mass is 16.1. The maximum atomic E-state index is 12.2. The normalized spacial score (nSPS) is 13.9. The lowest BCUT2D eigenvalue weighted by atomic mass is 10.1. The van der Waals surface area contributed by atoms with Gasteiger partial charge in [0, 0.05) is 17.9 Å². The van der Waals surface area contributed by atoms with Crippen molar-refractivity contribution in [2.75, 3.05) is 5.32 Å². The summed E-state index contributed by atoms with van der Waals surface area (Å²) in [6.07, 6.45) is 3.35. The summed E-state index contributed by atoms with van der Waals surface area (Å²) < 4.78 is 1.95. The number of fused-ring (bicyclic) bond motifs is 1. The van der Waals surface area contributed by atoms with Crippen LogP contribution in [0.5, 0.6) is 0 Å². The van der Waals surface area contributed by atoms with E-state index in [1.165, 1.54) is 12.1 Å². The van der Waals surface area contributed by atoms with E-state index in [1.54, 1.807) is 0 Å². The maximum Gasteiger partial charge on any atom is 0.276 e. The molecule has 3 rings (SSSR count). The summed E-state index contributed by atoms with van der Waals surface area (Å²) >= 11 is 0. The first-order valence-electron chi connectivity index (χ1n) is 6.68. The molecule has 0 bridgehead atoms. The first kappa shape index (κ1) is 12.0. The molecule has 98 valence electrons. The van der Waals surface area contributed by atoms with Crippen LogP contribution in [0.1, 0.15) is 34.6 Å². The first-order valence-corrected chi connectivity index (χ1v) is 6.68. The number of para-hydroxylation sites is 1. The molecule has 1 aliphatic rings. The number of hydrogen-bond donors (Lipinski definition) is 1. The Bertz CT molecular complexity index is 592. The Morgan fingerprint density at radius 3 is 2.95 bits per heavy atom. The van der Waals surface area contributed by atoms with Gasteiger partial charge in [-0.3, -0.25) is 9.48 Å². The van der Waals surface area contributed by atoms with E-state index in [0.29, 0.717) is 5.69 Å². The van der Waals surface area contributed by atoms with Crippen LogP contribution in [0.15, 0.2) is 30.3 Å². The zero-order valence-corrected chi connectivity index (χ0v) is 11.0. The van der Waals surface area contributed by atoms with Crippen molar-refractivity contribution in [1.82, 2.24) is 9.78 Å². The summed E-state index contributed by atoms with van der Waals surface area (Å²) in [6, 6.07) is 9.67. The molecule has 0 saturated carbocycles. The fourth-order valence-electron chi connectivity index (χ4n) is 2.43. The number of carbonyl (C=O) groups excluding carboxylic acids is 1. The van der Waals surface area contributed by atoms with Crippen LogP contribution in [0.4, 0.5) is 5.69 Å². The van der Waals surface area contributed by atoms with Crippen molar-refractivity contribution in [3.8, 4) is 0 Å². The Morgan fingerprint density at radius 1 is 1.32 bits per heavy atom. The zero-order chi connectivity index (χ0) is 13.2. The second-order valence-electron chi connectivity index (χ2n) is 4.97. The van der Waals surface area contributed by atoms with Crippen molar-refractivity contribution >= 4 is 11.6 Å². The van der Waals surface area contributed by atoms with Crippen LogP contribution in [0.25, 0.3) is 0 Å². The van der Waals surface area contributed by atoms with E-state index in [2.05, 4.69) is 10.4 Å². The summed E-state index contributed by atoms with van der Waals surface area (Å²) in [5.41, 5.74) is 3.58. The van der Waals surface area contributed by atoms with Crippen LogP contribution in [-0.2, 0) is 13.0 Å². The van der Waals surface area contributed by atoms with Crippen LogP contribution >= 0.6 is 0 Å². The molecule has 1 aliphatic heterocycles. The monoisotopic (exact) mass is 255 g/mol. The van der Waals surface area contributed by atoms with Crippen LogP contribution < -0.4 is 5.32 Å². The van der Waals surface area contributed by atoms with Crippen molar-refractivity contribution in [3.63, 3.8) is 0 Å². The summed E-state index contributed by atoms with van der Waals surface area (Å²) in [5, 5.41) is 7.30. The fraction of sp³-hybridized carbons (Fsp3) is 0.333. The van der Waals surface area contributed by atoms with Crippen LogP contribution in [0.2, 0.25) is 0 Å². The molecular formula is C15H17N3O. The molecule has 4 nitrogen and oxygen atoms in total. The summed E-state index contributed by atoms with van der Waals surface area (Å²) in [6.45, 7) is 2.90. The number of carbonyl (C=O) groups is 1. The number of benzene rings is 1. The van der Waals surface area contributed by atoms with Gasteiger partial charge < -0.3 is 5.32 Å². The molecule has 1 amide bonds. The van der Waals surface area contributed by atoms with Crippen LogP contribution in [-0.4, -0.2) is 15.7 Å². The van der Waals surface area contributed by atoms with Crippen molar-refractivity contribution < 1.29 is 4.79 Å². The summed E-state index contributed by atoms with van der Waals surface area (Å²) in [5.74, 6) is -0.129. The van der Waals surface area contributed by atoms with Crippen molar-refractivity contribution in [2.24, 2.45) is 0 Å². The standard InChI is InChI=1S/C15H17N3O/c1-11-6-2-3-8-13(11)16-15(19)14-10-12-7-4-5-9-18(12)17-14/h2-3,6,8,10H,4-5,7,9H2,1H3,(H,16,19). The first-order chi connectivity index (χ1) is 9.24. The number of nitrogens with zero attached hydrogens (tertiary/aromatic N) is 2. The third-order valence-corrected chi connectivity index (χ3v) is 3.54. The van der Waals surface area contributed by atoms with Crippen molar-refractivity contribution in [3.05, 3.63) is 47.3 Å².